The van der Waals surface area contributed by atoms with Crippen LogP contribution in [-0.4, -0.2) is 4.92 Å². The summed E-state index contributed by atoms with van der Waals surface area (Å²) in [5.41, 5.74) is 1.88. The van der Waals surface area contributed by atoms with Crippen molar-refractivity contribution in [3.05, 3.63) is 67.1 Å². The largest absolute Gasteiger partial charge is 0.381 e. The lowest BCUT2D eigenvalue weighted by Crippen LogP contribution is -2.01. The highest BCUT2D eigenvalue weighted by atomic mass is 79.9. The number of nitrogens with one attached hydrogen (secondary N) is 1. The molecule has 0 saturated carbocycles. The number of halogens is 2. The summed E-state index contributed by atoms with van der Waals surface area (Å²) < 4.78 is 1.53. The first-order valence-electron chi connectivity index (χ1n) is 5.49. The molecule has 0 amide bonds. The molecule has 2 rings (SSSR count). The monoisotopic (exact) mass is 384 g/mol. The van der Waals surface area contributed by atoms with Gasteiger partial charge in [-0.05, 0) is 45.8 Å². The zero-order chi connectivity index (χ0) is 13.8. The molecule has 0 heterocycles. The van der Waals surface area contributed by atoms with E-state index in [1.807, 2.05) is 30.3 Å². The van der Waals surface area contributed by atoms with Crippen LogP contribution in [0.4, 0.5) is 11.4 Å². The Kier molecular flexibility index (Phi) is 4.55. The van der Waals surface area contributed by atoms with Gasteiger partial charge in [-0.3, -0.25) is 10.1 Å². The van der Waals surface area contributed by atoms with Gasteiger partial charge < -0.3 is 5.32 Å². The zero-order valence-corrected chi connectivity index (χ0v) is 12.9. The lowest BCUT2D eigenvalue weighted by atomic mass is 10.2. The molecule has 0 atom stereocenters. The van der Waals surface area contributed by atoms with Crippen LogP contribution in [0.2, 0.25) is 0 Å². The summed E-state index contributed by atoms with van der Waals surface area (Å²) in [6.07, 6.45) is 0. The average molecular weight is 386 g/mol. The molecular formula is C13H10Br2N2O2. The third kappa shape index (κ3) is 3.54. The Morgan fingerprint density at radius 1 is 1.11 bits per heavy atom. The van der Waals surface area contributed by atoms with Crippen molar-refractivity contribution in [3.63, 3.8) is 0 Å². The van der Waals surface area contributed by atoms with Crippen LogP contribution in [0.1, 0.15) is 5.56 Å². The van der Waals surface area contributed by atoms with Crippen LogP contribution in [0.5, 0.6) is 0 Å². The highest BCUT2D eigenvalue weighted by Crippen LogP contribution is 2.28. The zero-order valence-electron chi connectivity index (χ0n) is 9.77. The molecule has 0 saturated heterocycles. The van der Waals surface area contributed by atoms with Crippen LogP contribution < -0.4 is 5.32 Å². The normalized spacial score (nSPS) is 10.2. The molecule has 0 aliphatic heterocycles. The fraction of sp³-hybridized carbons (Fsp3) is 0.0769. The maximum Gasteiger partial charge on any atom is 0.283 e. The number of anilines is 1. The van der Waals surface area contributed by atoms with E-state index in [9.17, 15) is 10.1 Å². The third-order valence-electron chi connectivity index (χ3n) is 2.58. The van der Waals surface area contributed by atoms with Crippen LogP contribution in [-0.2, 0) is 6.54 Å². The van der Waals surface area contributed by atoms with E-state index in [1.165, 1.54) is 6.07 Å². The molecule has 1 N–H and O–H groups in total. The summed E-state index contributed by atoms with van der Waals surface area (Å²) in [4.78, 5) is 10.4. The van der Waals surface area contributed by atoms with Gasteiger partial charge in [0, 0.05) is 22.8 Å². The van der Waals surface area contributed by atoms with Crippen LogP contribution in [0.3, 0.4) is 0 Å². The molecule has 0 aromatic heterocycles. The summed E-state index contributed by atoms with van der Waals surface area (Å²) in [6, 6.07) is 12.8. The van der Waals surface area contributed by atoms with Gasteiger partial charge in [-0.15, -0.1) is 0 Å². The van der Waals surface area contributed by atoms with Gasteiger partial charge in [0.25, 0.3) is 5.69 Å². The number of hydrogen-bond acceptors (Lipinski definition) is 3. The first kappa shape index (κ1) is 14.0. The predicted octanol–water partition coefficient (Wildman–Crippen LogP) is 4.73. The van der Waals surface area contributed by atoms with Crippen LogP contribution >= 0.6 is 31.9 Å². The standard InChI is InChI=1S/C13H10Br2N2O2/c14-10-4-6-11(7-5-10)16-8-9-2-1-3-12(13(9)15)17(18)19/h1-7,16H,8H2. The van der Waals surface area contributed by atoms with Crippen molar-refractivity contribution in [2.45, 2.75) is 6.54 Å². The molecule has 6 heteroatoms. The highest BCUT2D eigenvalue weighted by Gasteiger charge is 2.14. The lowest BCUT2D eigenvalue weighted by molar-refractivity contribution is -0.385. The number of nitrogens with zero attached hydrogens (tertiary/aromatic N) is 1. The number of nitro groups is 1. The topological polar surface area (TPSA) is 55.2 Å². The molecule has 2 aromatic rings. The minimum atomic E-state index is -0.396. The molecule has 0 spiro atoms. The number of hydrogen-bond donors (Lipinski definition) is 1. The smallest absolute Gasteiger partial charge is 0.283 e. The van der Waals surface area contributed by atoms with Gasteiger partial charge in [0.15, 0.2) is 0 Å². The van der Waals surface area contributed by atoms with Gasteiger partial charge in [0.1, 0.15) is 4.47 Å². The molecule has 0 radical (unpaired) electrons. The lowest BCUT2D eigenvalue weighted by Gasteiger charge is -2.08. The number of nitro benzene ring substituents is 1. The quantitative estimate of drug-likeness (QED) is 0.611. The minimum absolute atomic E-state index is 0.0788. The molecule has 98 valence electrons. The second kappa shape index (κ2) is 6.16. The van der Waals surface area contributed by atoms with E-state index in [-0.39, 0.29) is 5.69 Å². The van der Waals surface area contributed by atoms with Crippen molar-refractivity contribution >= 4 is 43.2 Å². The van der Waals surface area contributed by atoms with Crippen molar-refractivity contribution in [2.24, 2.45) is 0 Å². The second-order valence-corrected chi connectivity index (χ2v) is 5.58. The Morgan fingerprint density at radius 2 is 1.79 bits per heavy atom. The second-order valence-electron chi connectivity index (χ2n) is 3.87. The van der Waals surface area contributed by atoms with E-state index in [4.69, 9.17) is 0 Å². The van der Waals surface area contributed by atoms with Crippen LogP contribution in [0.15, 0.2) is 51.4 Å². The molecule has 2 aromatic carbocycles. The number of benzene rings is 2. The van der Waals surface area contributed by atoms with Gasteiger partial charge in [0.2, 0.25) is 0 Å². The van der Waals surface area contributed by atoms with Gasteiger partial charge in [0.05, 0.1) is 4.92 Å². The van der Waals surface area contributed by atoms with Gasteiger partial charge in [-0.2, -0.15) is 0 Å². The molecule has 19 heavy (non-hydrogen) atoms. The number of rotatable bonds is 4. The molecule has 0 aliphatic carbocycles. The first-order valence-corrected chi connectivity index (χ1v) is 7.08. The van der Waals surface area contributed by atoms with E-state index >= 15 is 0 Å². The Hall–Kier alpha value is -1.40. The van der Waals surface area contributed by atoms with Crippen molar-refractivity contribution in [1.29, 1.82) is 0 Å². The van der Waals surface area contributed by atoms with Crippen molar-refractivity contribution in [1.82, 2.24) is 0 Å². The summed E-state index contributed by atoms with van der Waals surface area (Å²) >= 11 is 6.65. The molecule has 0 bridgehead atoms. The van der Waals surface area contributed by atoms with Crippen LogP contribution in [0, 0.1) is 10.1 Å². The van der Waals surface area contributed by atoms with E-state index in [0.29, 0.717) is 11.0 Å². The van der Waals surface area contributed by atoms with E-state index in [2.05, 4.69) is 37.2 Å². The van der Waals surface area contributed by atoms with E-state index in [0.717, 1.165) is 15.7 Å². The fourth-order valence-corrected chi connectivity index (χ4v) is 2.42. The highest BCUT2D eigenvalue weighted by molar-refractivity contribution is 9.10. The third-order valence-corrected chi connectivity index (χ3v) is 4.03. The summed E-state index contributed by atoms with van der Waals surface area (Å²) in [5.74, 6) is 0. The van der Waals surface area contributed by atoms with Gasteiger partial charge in [-0.1, -0.05) is 28.1 Å². The van der Waals surface area contributed by atoms with E-state index in [1.54, 1.807) is 6.07 Å². The molecule has 0 fully saturated rings. The molecule has 4 nitrogen and oxygen atoms in total. The summed E-state index contributed by atoms with van der Waals surface area (Å²) in [5, 5.41) is 14.1. The Balaban J connectivity index is 2.13. The van der Waals surface area contributed by atoms with Crippen molar-refractivity contribution < 1.29 is 4.92 Å². The fourth-order valence-electron chi connectivity index (χ4n) is 1.61. The molecular weight excluding hydrogens is 376 g/mol. The first-order chi connectivity index (χ1) is 9.08. The predicted molar refractivity (Wildman–Crippen MR) is 82.3 cm³/mol. The molecule has 0 aliphatic rings. The maximum atomic E-state index is 10.8. The van der Waals surface area contributed by atoms with Crippen LogP contribution in [0.25, 0.3) is 0 Å². The van der Waals surface area contributed by atoms with Crippen molar-refractivity contribution in [3.8, 4) is 0 Å². The summed E-state index contributed by atoms with van der Waals surface area (Å²) in [7, 11) is 0. The Bertz CT molecular complexity index is 600. The maximum absolute atomic E-state index is 10.8. The minimum Gasteiger partial charge on any atom is -0.381 e. The van der Waals surface area contributed by atoms with Gasteiger partial charge in [-0.25, -0.2) is 0 Å². The van der Waals surface area contributed by atoms with Gasteiger partial charge >= 0.3 is 0 Å². The average Bonchev–Trinajstić information content (AvgIpc) is 2.39. The van der Waals surface area contributed by atoms with Crippen molar-refractivity contribution in [2.75, 3.05) is 5.32 Å². The molecule has 0 unspecified atom stereocenters. The Morgan fingerprint density at radius 3 is 2.42 bits per heavy atom. The Labute approximate surface area is 127 Å². The summed E-state index contributed by atoms with van der Waals surface area (Å²) in [6.45, 7) is 0.518. The van der Waals surface area contributed by atoms with E-state index < -0.39 is 4.92 Å². The SMILES string of the molecule is O=[N+]([O-])c1cccc(CNc2ccc(Br)cc2)c1Br.